The number of hydrogen-bond donors (Lipinski definition) is 1. The molecule has 2 heterocycles. The Labute approximate surface area is 151 Å². The zero-order valence-corrected chi connectivity index (χ0v) is 15.0. The van der Waals surface area contributed by atoms with Crippen LogP contribution in [0.3, 0.4) is 0 Å². The molecule has 4 rings (SSSR count). The number of ether oxygens (including phenoxy) is 1. The van der Waals surface area contributed by atoms with Crippen molar-refractivity contribution in [2.75, 3.05) is 0 Å². The number of fused-ring (bicyclic) bond motifs is 3. The fourth-order valence-electron chi connectivity index (χ4n) is 5.02. The van der Waals surface area contributed by atoms with Crippen molar-refractivity contribution < 1.29 is 9.53 Å². The average Bonchev–Trinajstić information content (AvgIpc) is 3.06. The molecule has 6 heteroatoms. The molecule has 0 radical (unpaired) electrons. The van der Waals surface area contributed by atoms with E-state index in [2.05, 4.69) is 18.1 Å². The molecule has 1 saturated heterocycles. The summed E-state index contributed by atoms with van der Waals surface area (Å²) in [5.74, 6) is -0.0898. The molecular formula is C20H24N2O4. The smallest absolute Gasteiger partial charge is 0.328 e. The van der Waals surface area contributed by atoms with Gasteiger partial charge in [-0.15, -0.1) is 0 Å². The van der Waals surface area contributed by atoms with Crippen LogP contribution in [0.15, 0.2) is 40.1 Å². The monoisotopic (exact) mass is 356 g/mol. The Bertz CT molecular complexity index is 909. The molecule has 6 nitrogen and oxygen atoms in total. The van der Waals surface area contributed by atoms with Crippen molar-refractivity contribution >= 4 is 5.97 Å². The number of carbonyl (C=O) groups excluding carboxylic acids is 1. The van der Waals surface area contributed by atoms with Crippen molar-refractivity contribution in [1.82, 2.24) is 9.55 Å². The van der Waals surface area contributed by atoms with E-state index in [-0.39, 0.29) is 36.4 Å². The minimum Gasteiger partial charge on any atom is -0.461 e. The number of nitrogens with zero attached hydrogens (tertiary/aromatic N) is 1. The Morgan fingerprint density at radius 1 is 1.19 bits per heavy atom. The molecule has 0 amide bonds. The van der Waals surface area contributed by atoms with Gasteiger partial charge in [0.15, 0.2) is 0 Å². The first-order chi connectivity index (χ1) is 12.4. The molecule has 1 N–H and O–H groups in total. The number of nitrogens with one attached hydrogen (secondary N) is 1. The highest BCUT2D eigenvalue weighted by Gasteiger charge is 2.53. The van der Waals surface area contributed by atoms with Gasteiger partial charge in [-0.05, 0) is 38.5 Å². The van der Waals surface area contributed by atoms with Crippen LogP contribution < -0.4 is 11.2 Å². The van der Waals surface area contributed by atoms with Crippen molar-refractivity contribution in [3.05, 3.63) is 56.9 Å². The van der Waals surface area contributed by atoms with Gasteiger partial charge < -0.3 is 4.74 Å². The number of H-pyrrole nitrogens is 1. The van der Waals surface area contributed by atoms with E-state index < -0.39 is 11.2 Å². The molecule has 3 aliphatic rings. The summed E-state index contributed by atoms with van der Waals surface area (Å²) in [7, 11) is 0. The summed E-state index contributed by atoms with van der Waals surface area (Å²) >= 11 is 0. The lowest BCUT2D eigenvalue weighted by Gasteiger charge is -2.27. The Kier molecular flexibility index (Phi) is 4.01. The van der Waals surface area contributed by atoms with Gasteiger partial charge in [0.05, 0.1) is 5.92 Å². The molecule has 138 valence electrons. The number of aromatic nitrogens is 2. The minimum absolute atomic E-state index is 0.0447. The second-order valence-electron chi connectivity index (χ2n) is 7.92. The van der Waals surface area contributed by atoms with Crippen LogP contribution in [0.25, 0.3) is 0 Å². The quantitative estimate of drug-likeness (QED) is 0.649. The number of hydrogen-bond acceptors (Lipinski definition) is 4. The van der Waals surface area contributed by atoms with Crippen LogP contribution in [0.2, 0.25) is 0 Å². The van der Waals surface area contributed by atoms with E-state index in [9.17, 15) is 14.4 Å². The molecule has 2 saturated carbocycles. The standard InChI is InChI=1S/C20H24N2O4/c1-10-4-7-14-15(9-22-8-12(3)18(23)21-20(22)25)19(24)26-17(14)16-11(2)5-6-13(10)16/h8,13-17H,1-2,4-7,9H2,3H3,(H,21,23,25)/t13?,14-,15-,16-,17-/m0/s1. The summed E-state index contributed by atoms with van der Waals surface area (Å²) in [5.41, 5.74) is 1.95. The highest BCUT2D eigenvalue weighted by atomic mass is 16.6. The van der Waals surface area contributed by atoms with Crippen LogP contribution in [-0.2, 0) is 16.1 Å². The van der Waals surface area contributed by atoms with E-state index in [0.717, 1.165) is 31.3 Å². The van der Waals surface area contributed by atoms with Crippen LogP contribution in [0.4, 0.5) is 0 Å². The summed E-state index contributed by atoms with van der Waals surface area (Å²) in [6.07, 6.45) is 5.05. The molecule has 1 aromatic rings. The molecule has 26 heavy (non-hydrogen) atoms. The highest BCUT2D eigenvalue weighted by molar-refractivity contribution is 5.75. The first-order valence-corrected chi connectivity index (χ1v) is 9.23. The molecule has 0 spiro atoms. The van der Waals surface area contributed by atoms with E-state index in [0.29, 0.717) is 11.5 Å². The van der Waals surface area contributed by atoms with Gasteiger partial charge in [0, 0.05) is 30.1 Å². The number of aromatic amines is 1. The Balaban J connectivity index is 1.66. The van der Waals surface area contributed by atoms with Gasteiger partial charge in [0.1, 0.15) is 6.10 Å². The van der Waals surface area contributed by atoms with E-state index in [4.69, 9.17) is 4.74 Å². The Morgan fingerprint density at radius 2 is 1.92 bits per heavy atom. The second kappa shape index (κ2) is 6.11. The lowest BCUT2D eigenvalue weighted by atomic mass is 9.79. The lowest BCUT2D eigenvalue weighted by Crippen LogP contribution is -2.35. The minimum atomic E-state index is -0.488. The SMILES string of the molecule is C=C1CC[C@@H]2[C@H](OC(=O)[C@H]2Cn2cc(C)c(=O)[nH]c2=O)[C@H]2C(=C)CCC12. The third-order valence-electron chi connectivity index (χ3n) is 6.43. The normalized spacial score (nSPS) is 33.6. The summed E-state index contributed by atoms with van der Waals surface area (Å²) in [5, 5.41) is 0. The van der Waals surface area contributed by atoms with Crippen LogP contribution in [0.5, 0.6) is 0 Å². The Hall–Kier alpha value is -2.37. The predicted octanol–water partition coefficient (Wildman–Crippen LogP) is 1.94. The van der Waals surface area contributed by atoms with Crippen molar-refractivity contribution in [3.8, 4) is 0 Å². The first kappa shape index (κ1) is 17.1. The highest BCUT2D eigenvalue weighted by Crippen LogP contribution is 2.52. The van der Waals surface area contributed by atoms with E-state index in [1.807, 2.05) is 0 Å². The molecule has 1 aromatic heterocycles. The third-order valence-corrected chi connectivity index (χ3v) is 6.43. The van der Waals surface area contributed by atoms with Gasteiger partial charge in [-0.3, -0.25) is 19.1 Å². The Morgan fingerprint density at radius 3 is 2.69 bits per heavy atom. The number of esters is 1. The predicted molar refractivity (Wildman–Crippen MR) is 96.6 cm³/mol. The fourth-order valence-corrected chi connectivity index (χ4v) is 5.02. The van der Waals surface area contributed by atoms with Gasteiger partial charge in [-0.1, -0.05) is 24.3 Å². The maximum Gasteiger partial charge on any atom is 0.328 e. The molecule has 0 aromatic carbocycles. The molecule has 1 aliphatic heterocycles. The second-order valence-corrected chi connectivity index (χ2v) is 7.92. The van der Waals surface area contributed by atoms with Gasteiger partial charge in [-0.2, -0.15) is 0 Å². The van der Waals surface area contributed by atoms with Crippen LogP contribution >= 0.6 is 0 Å². The van der Waals surface area contributed by atoms with Crippen LogP contribution in [-0.4, -0.2) is 21.6 Å². The lowest BCUT2D eigenvalue weighted by molar-refractivity contribution is -0.146. The number of carbonyl (C=O) groups is 1. The van der Waals surface area contributed by atoms with Crippen molar-refractivity contribution in [2.24, 2.45) is 23.7 Å². The molecule has 0 bridgehead atoms. The topological polar surface area (TPSA) is 81.2 Å². The fraction of sp³-hybridized carbons (Fsp3) is 0.550. The van der Waals surface area contributed by atoms with E-state index >= 15 is 0 Å². The molecule has 2 aliphatic carbocycles. The first-order valence-electron chi connectivity index (χ1n) is 9.23. The largest absolute Gasteiger partial charge is 0.461 e. The number of aryl methyl sites for hydroxylation is 1. The number of allylic oxidation sites excluding steroid dienone is 1. The summed E-state index contributed by atoms with van der Waals surface area (Å²) in [6, 6.07) is 0. The zero-order valence-electron chi connectivity index (χ0n) is 15.0. The molecular weight excluding hydrogens is 332 g/mol. The molecule has 1 unspecified atom stereocenters. The van der Waals surface area contributed by atoms with E-state index in [1.54, 1.807) is 6.92 Å². The molecule has 3 fully saturated rings. The van der Waals surface area contributed by atoms with Crippen molar-refractivity contribution in [1.29, 1.82) is 0 Å². The van der Waals surface area contributed by atoms with Crippen molar-refractivity contribution in [2.45, 2.75) is 45.3 Å². The van der Waals surface area contributed by atoms with Gasteiger partial charge >= 0.3 is 11.7 Å². The summed E-state index contributed by atoms with van der Waals surface area (Å²) in [6.45, 7) is 10.4. The van der Waals surface area contributed by atoms with Crippen LogP contribution in [0, 0.1) is 30.6 Å². The maximum atomic E-state index is 12.6. The summed E-state index contributed by atoms with van der Waals surface area (Å²) < 4.78 is 7.25. The number of rotatable bonds is 2. The molecule has 5 atom stereocenters. The van der Waals surface area contributed by atoms with Crippen LogP contribution in [0.1, 0.15) is 31.2 Å². The summed E-state index contributed by atoms with van der Waals surface area (Å²) in [4.78, 5) is 38.7. The van der Waals surface area contributed by atoms with E-state index in [1.165, 1.54) is 16.3 Å². The van der Waals surface area contributed by atoms with Crippen molar-refractivity contribution in [3.63, 3.8) is 0 Å². The van der Waals surface area contributed by atoms with Gasteiger partial charge in [-0.25, -0.2) is 4.79 Å². The third kappa shape index (κ3) is 2.59. The van der Waals surface area contributed by atoms with Gasteiger partial charge in [0.2, 0.25) is 0 Å². The maximum absolute atomic E-state index is 12.6. The van der Waals surface area contributed by atoms with Gasteiger partial charge in [0.25, 0.3) is 5.56 Å². The average molecular weight is 356 g/mol. The zero-order chi connectivity index (χ0) is 18.6.